The first-order valence-corrected chi connectivity index (χ1v) is 6.43. The lowest BCUT2D eigenvalue weighted by Crippen LogP contribution is -2.39. The summed E-state index contributed by atoms with van der Waals surface area (Å²) in [4.78, 5) is 4.41. The Morgan fingerprint density at radius 1 is 1.35 bits per heavy atom. The molecule has 0 aromatic heterocycles. The van der Waals surface area contributed by atoms with Crippen LogP contribution in [0.4, 0.5) is 0 Å². The Morgan fingerprint density at radius 2 is 2.12 bits per heavy atom. The normalized spacial score (nSPS) is 30.7. The number of nitrogens with one attached hydrogen (secondary N) is 2. The smallest absolute Gasteiger partial charge is 0.191 e. The molecule has 0 bridgehead atoms. The molecule has 3 nitrogen and oxygen atoms in total. The summed E-state index contributed by atoms with van der Waals surface area (Å²) in [6.07, 6.45) is 1.18. The van der Waals surface area contributed by atoms with Crippen molar-refractivity contribution in [2.45, 2.75) is 31.3 Å². The van der Waals surface area contributed by atoms with Crippen molar-refractivity contribution in [3.8, 4) is 0 Å². The topological polar surface area (TPSA) is 36.4 Å². The molecule has 1 aromatic rings. The number of hydrogen-bond acceptors (Lipinski definition) is 3. The molecule has 1 aliphatic carbocycles. The first kappa shape index (κ1) is 10.9. The average Bonchev–Trinajstić information content (AvgIpc) is 2.94. The van der Waals surface area contributed by atoms with Crippen LogP contribution in [0.3, 0.4) is 0 Å². The van der Waals surface area contributed by atoms with Gasteiger partial charge in [-0.2, -0.15) is 0 Å². The van der Waals surface area contributed by atoms with Crippen LogP contribution in [0.1, 0.15) is 24.8 Å². The highest BCUT2D eigenvalue weighted by molar-refractivity contribution is 6.30. The van der Waals surface area contributed by atoms with E-state index in [1.807, 2.05) is 12.1 Å². The van der Waals surface area contributed by atoms with Crippen LogP contribution in [0.25, 0.3) is 0 Å². The SMILES string of the molecule is CC1CN=C(N[C@@H]2C[C@H]2c2ccc(Cl)cc2)N1. The van der Waals surface area contributed by atoms with Crippen LogP contribution in [0.15, 0.2) is 29.3 Å². The summed E-state index contributed by atoms with van der Waals surface area (Å²) in [6.45, 7) is 3.02. The fourth-order valence-electron chi connectivity index (χ4n) is 2.25. The minimum atomic E-state index is 0.463. The van der Waals surface area contributed by atoms with Crippen molar-refractivity contribution >= 4 is 17.6 Å². The van der Waals surface area contributed by atoms with Crippen LogP contribution in [0.5, 0.6) is 0 Å². The van der Waals surface area contributed by atoms with Crippen LogP contribution >= 0.6 is 11.6 Å². The summed E-state index contributed by atoms with van der Waals surface area (Å²) in [6, 6.07) is 9.12. The molecule has 0 spiro atoms. The third kappa shape index (κ3) is 2.39. The lowest BCUT2D eigenvalue weighted by molar-refractivity contribution is 0.711. The second kappa shape index (κ2) is 4.22. The number of halogens is 1. The zero-order chi connectivity index (χ0) is 11.8. The molecule has 0 amide bonds. The molecule has 1 fully saturated rings. The second-order valence-corrected chi connectivity index (χ2v) is 5.32. The van der Waals surface area contributed by atoms with Crippen molar-refractivity contribution in [1.82, 2.24) is 10.6 Å². The average molecular weight is 250 g/mol. The fourth-order valence-corrected chi connectivity index (χ4v) is 2.37. The number of aliphatic imine (C=N–C) groups is 1. The predicted molar refractivity (Wildman–Crippen MR) is 70.6 cm³/mol. The van der Waals surface area contributed by atoms with Gasteiger partial charge in [-0.15, -0.1) is 0 Å². The van der Waals surface area contributed by atoms with Gasteiger partial charge in [0.15, 0.2) is 5.96 Å². The highest BCUT2D eigenvalue weighted by Gasteiger charge is 2.39. The maximum Gasteiger partial charge on any atom is 0.191 e. The van der Waals surface area contributed by atoms with E-state index in [4.69, 9.17) is 11.6 Å². The van der Waals surface area contributed by atoms with Crippen LogP contribution < -0.4 is 10.6 Å². The van der Waals surface area contributed by atoms with E-state index in [1.54, 1.807) is 0 Å². The zero-order valence-electron chi connectivity index (χ0n) is 9.78. The molecule has 3 atom stereocenters. The van der Waals surface area contributed by atoms with Gasteiger partial charge in [0.2, 0.25) is 0 Å². The van der Waals surface area contributed by atoms with Crippen molar-refractivity contribution in [3.05, 3.63) is 34.9 Å². The maximum atomic E-state index is 5.88. The Labute approximate surface area is 106 Å². The molecule has 0 saturated heterocycles. The van der Waals surface area contributed by atoms with Gasteiger partial charge in [-0.1, -0.05) is 23.7 Å². The maximum absolute atomic E-state index is 5.88. The van der Waals surface area contributed by atoms with E-state index in [0.717, 1.165) is 17.5 Å². The van der Waals surface area contributed by atoms with Gasteiger partial charge in [-0.25, -0.2) is 0 Å². The summed E-state index contributed by atoms with van der Waals surface area (Å²) in [5.41, 5.74) is 1.36. The Kier molecular flexibility index (Phi) is 2.71. The standard InChI is InChI=1S/C13H16ClN3/c1-8-7-15-13(16-8)17-12-6-11(12)9-2-4-10(14)5-3-9/h2-5,8,11-12H,6-7H2,1H3,(H2,15,16,17)/t8?,11-,12+/m0/s1. The quantitative estimate of drug-likeness (QED) is 0.843. The molecule has 0 radical (unpaired) electrons. The summed E-state index contributed by atoms with van der Waals surface area (Å²) >= 11 is 5.88. The number of benzene rings is 1. The Morgan fingerprint density at radius 3 is 2.76 bits per heavy atom. The lowest BCUT2D eigenvalue weighted by atomic mass is 10.1. The molecular formula is C13H16ClN3. The molecule has 4 heteroatoms. The van der Waals surface area contributed by atoms with Gasteiger partial charge in [-0.3, -0.25) is 4.99 Å². The summed E-state index contributed by atoms with van der Waals surface area (Å²) in [7, 11) is 0. The minimum Gasteiger partial charge on any atom is -0.353 e. The number of guanidine groups is 1. The fraction of sp³-hybridized carbons (Fsp3) is 0.462. The van der Waals surface area contributed by atoms with Crippen molar-refractivity contribution in [1.29, 1.82) is 0 Å². The summed E-state index contributed by atoms with van der Waals surface area (Å²) in [5.74, 6) is 1.56. The monoisotopic (exact) mass is 249 g/mol. The third-order valence-electron chi connectivity index (χ3n) is 3.32. The molecule has 90 valence electrons. The van der Waals surface area contributed by atoms with E-state index in [2.05, 4.69) is 34.7 Å². The van der Waals surface area contributed by atoms with Crippen molar-refractivity contribution in [2.75, 3.05) is 6.54 Å². The second-order valence-electron chi connectivity index (χ2n) is 4.88. The van der Waals surface area contributed by atoms with E-state index in [-0.39, 0.29) is 0 Å². The first-order valence-electron chi connectivity index (χ1n) is 6.05. The van der Waals surface area contributed by atoms with E-state index in [0.29, 0.717) is 18.0 Å². The third-order valence-corrected chi connectivity index (χ3v) is 3.57. The van der Waals surface area contributed by atoms with Crippen molar-refractivity contribution in [3.63, 3.8) is 0 Å². The molecule has 1 unspecified atom stereocenters. The predicted octanol–water partition coefficient (Wildman–Crippen LogP) is 2.13. The molecule has 1 aliphatic heterocycles. The molecule has 3 rings (SSSR count). The van der Waals surface area contributed by atoms with Gasteiger partial charge in [0, 0.05) is 23.0 Å². The van der Waals surface area contributed by atoms with Crippen molar-refractivity contribution in [2.24, 2.45) is 4.99 Å². The van der Waals surface area contributed by atoms with Gasteiger partial charge >= 0.3 is 0 Å². The van der Waals surface area contributed by atoms with Crippen LogP contribution in [-0.4, -0.2) is 24.6 Å². The minimum absolute atomic E-state index is 0.463. The molecule has 1 aromatic carbocycles. The van der Waals surface area contributed by atoms with E-state index >= 15 is 0 Å². The Hall–Kier alpha value is -1.22. The molecule has 1 saturated carbocycles. The van der Waals surface area contributed by atoms with Gasteiger partial charge < -0.3 is 10.6 Å². The highest BCUT2D eigenvalue weighted by atomic mass is 35.5. The van der Waals surface area contributed by atoms with Gasteiger partial charge in [0.05, 0.1) is 6.54 Å². The van der Waals surface area contributed by atoms with Crippen LogP contribution in [0.2, 0.25) is 5.02 Å². The molecule has 1 heterocycles. The van der Waals surface area contributed by atoms with E-state index in [9.17, 15) is 0 Å². The first-order chi connectivity index (χ1) is 8.22. The lowest BCUT2D eigenvalue weighted by Gasteiger charge is -2.08. The Bertz CT molecular complexity index is 440. The van der Waals surface area contributed by atoms with Crippen molar-refractivity contribution < 1.29 is 0 Å². The van der Waals surface area contributed by atoms with Crippen LogP contribution in [0, 0.1) is 0 Å². The summed E-state index contributed by atoms with van der Waals surface area (Å²) in [5, 5.41) is 7.58. The van der Waals surface area contributed by atoms with Gasteiger partial charge in [-0.05, 0) is 31.0 Å². The number of hydrogen-bond donors (Lipinski definition) is 2. The van der Waals surface area contributed by atoms with E-state index in [1.165, 1.54) is 12.0 Å². The van der Waals surface area contributed by atoms with Crippen LogP contribution in [-0.2, 0) is 0 Å². The number of rotatable bonds is 2. The molecule has 2 aliphatic rings. The highest BCUT2D eigenvalue weighted by Crippen LogP contribution is 2.41. The van der Waals surface area contributed by atoms with Gasteiger partial charge in [0.25, 0.3) is 0 Å². The summed E-state index contributed by atoms with van der Waals surface area (Å²) < 4.78 is 0. The molecular weight excluding hydrogens is 234 g/mol. The molecule has 17 heavy (non-hydrogen) atoms. The van der Waals surface area contributed by atoms with Gasteiger partial charge in [0.1, 0.15) is 0 Å². The Balaban J connectivity index is 1.58. The number of nitrogens with zero attached hydrogens (tertiary/aromatic N) is 1. The molecule has 2 N–H and O–H groups in total. The zero-order valence-corrected chi connectivity index (χ0v) is 10.5. The van der Waals surface area contributed by atoms with E-state index < -0.39 is 0 Å². The largest absolute Gasteiger partial charge is 0.353 e.